The van der Waals surface area contributed by atoms with Crippen LogP contribution in [0.5, 0.6) is 0 Å². The molecule has 0 aromatic heterocycles. The lowest BCUT2D eigenvalue weighted by atomic mass is 9.82. The average Bonchev–Trinajstić information content (AvgIpc) is 3.88. The number of amides is 4. The smallest absolute Gasteiger partial charge is 0.309 e. The number of nitrogens with one attached hydrogen (secondary N) is 1. The molecule has 3 saturated heterocycles. The standard InChI is InChI=1S/C42H56N8O6/c1-3-28(2)35(46-37(53)33(43)24-29-15-16-30-13-6-7-14-31(30)23-29)36(52)41(27-51)17-12-22-50(41)38(54)34(44)25-32-26-45-42(47-32,39(55)48-18-8-4-9-19-48)40(56)49-20-10-5-11-21-49/h6-7,13-16,23,26-28,33-35H,3-5,8-12,17-22,24-25,43-44H2,1-2H3,(H,46,53)/t28-,33-,34+,35-,41-/m0/s1. The quantitative estimate of drug-likeness (QED) is 0.192. The molecule has 4 amide bonds. The summed E-state index contributed by atoms with van der Waals surface area (Å²) in [5, 5.41) is 4.93. The first-order valence-electron chi connectivity index (χ1n) is 20.3. The van der Waals surface area contributed by atoms with Crippen LogP contribution in [0.4, 0.5) is 0 Å². The number of benzene rings is 2. The number of nitrogens with two attached hydrogens (primary N) is 2. The molecule has 14 heteroatoms. The van der Waals surface area contributed by atoms with Crippen molar-refractivity contribution in [3.63, 3.8) is 0 Å². The zero-order chi connectivity index (χ0) is 40.0. The predicted molar refractivity (Wildman–Crippen MR) is 214 cm³/mol. The van der Waals surface area contributed by atoms with E-state index in [-0.39, 0.29) is 37.4 Å². The van der Waals surface area contributed by atoms with Gasteiger partial charge in [-0.05, 0) is 80.0 Å². The maximum Gasteiger partial charge on any atom is 0.309 e. The van der Waals surface area contributed by atoms with Crippen molar-refractivity contribution < 1.29 is 28.8 Å². The SMILES string of the molecule is CC[C@H](C)[C@H](NC(=O)[C@@H](N)Cc1ccc2ccccc2c1)C(=O)[C@@]1(C=O)CCCN1C(=O)[C@H](N)CC1=NC(C(=O)N2CCCCC2)(C(=O)N2CCCCC2)N=C1. The Hall–Kier alpha value is -4.82. The molecule has 0 unspecified atom stereocenters. The number of hydrogen-bond acceptors (Lipinski definition) is 10. The number of piperidine rings is 2. The van der Waals surface area contributed by atoms with E-state index in [2.05, 4.69) is 15.3 Å². The molecule has 5 atom stereocenters. The highest BCUT2D eigenvalue weighted by molar-refractivity contribution is 6.36. The molecule has 14 nitrogen and oxygen atoms in total. The van der Waals surface area contributed by atoms with Crippen molar-refractivity contribution in [2.24, 2.45) is 27.4 Å². The molecule has 0 bridgehead atoms. The number of ketones is 1. The summed E-state index contributed by atoms with van der Waals surface area (Å²) >= 11 is 0. The second-order valence-corrected chi connectivity index (χ2v) is 15.9. The normalized spacial score (nSPS) is 22.9. The van der Waals surface area contributed by atoms with Gasteiger partial charge in [-0.25, -0.2) is 9.98 Å². The molecule has 6 rings (SSSR count). The Kier molecular flexibility index (Phi) is 12.8. The topological polar surface area (TPSA) is 201 Å². The van der Waals surface area contributed by atoms with E-state index in [9.17, 15) is 28.8 Å². The summed E-state index contributed by atoms with van der Waals surface area (Å²) in [7, 11) is 0. The summed E-state index contributed by atoms with van der Waals surface area (Å²) in [6.45, 7) is 5.83. The fraction of sp³-hybridized carbons (Fsp3) is 0.571. The monoisotopic (exact) mass is 768 g/mol. The molecule has 5 N–H and O–H groups in total. The maximum absolute atomic E-state index is 14.5. The van der Waals surface area contributed by atoms with Gasteiger partial charge < -0.3 is 36.3 Å². The number of hydrogen-bond donors (Lipinski definition) is 3. The number of aliphatic imine (C=N–C) groups is 2. The third kappa shape index (κ3) is 8.17. The van der Waals surface area contributed by atoms with Crippen LogP contribution in [0.3, 0.4) is 0 Å². The van der Waals surface area contributed by atoms with Gasteiger partial charge in [-0.15, -0.1) is 0 Å². The van der Waals surface area contributed by atoms with Gasteiger partial charge in [0.25, 0.3) is 11.8 Å². The van der Waals surface area contributed by atoms with Crippen LogP contribution in [-0.4, -0.2) is 124 Å². The molecule has 300 valence electrons. The van der Waals surface area contributed by atoms with E-state index in [0.29, 0.717) is 45.3 Å². The van der Waals surface area contributed by atoms with Crippen LogP contribution in [0.25, 0.3) is 10.8 Å². The Balaban J connectivity index is 1.18. The number of fused-ring (bicyclic) bond motifs is 1. The molecular formula is C42H56N8O6. The number of nitrogens with zero attached hydrogens (tertiary/aromatic N) is 5. The first-order valence-corrected chi connectivity index (χ1v) is 20.3. The molecule has 0 saturated carbocycles. The third-order valence-electron chi connectivity index (χ3n) is 12.0. The van der Waals surface area contributed by atoms with E-state index in [1.54, 1.807) is 9.80 Å². The third-order valence-corrected chi connectivity index (χ3v) is 12.0. The van der Waals surface area contributed by atoms with Crippen LogP contribution in [0.2, 0.25) is 0 Å². The molecule has 4 heterocycles. The molecule has 56 heavy (non-hydrogen) atoms. The van der Waals surface area contributed by atoms with Crippen LogP contribution in [0.1, 0.15) is 83.6 Å². The number of rotatable bonds is 14. The first-order chi connectivity index (χ1) is 26.9. The maximum atomic E-state index is 14.5. The van der Waals surface area contributed by atoms with Crippen molar-refractivity contribution in [2.75, 3.05) is 32.7 Å². The van der Waals surface area contributed by atoms with E-state index >= 15 is 0 Å². The van der Waals surface area contributed by atoms with Gasteiger partial charge in [0.05, 0.1) is 23.8 Å². The molecule has 0 spiro atoms. The lowest BCUT2D eigenvalue weighted by Crippen LogP contribution is -2.64. The summed E-state index contributed by atoms with van der Waals surface area (Å²) < 4.78 is 0. The molecular weight excluding hydrogens is 713 g/mol. The molecule has 3 fully saturated rings. The zero-order valence-electron chi connectivity index (χ0n) is 32.7. The Morgan fingerprint density at radius 1 is 0.821 bits per heavy atom. The highest BCUT2D eigenvalue weighted by Gasteiger charge is 2.55. The molecule has 2 aromatic rings. The highest BCUT2D eigenvalue weighted by Crippen LogP contribution is 2.33. The molecule has 4 aliphatic rings. The molecule has 0 aliphatic carbocycles. The lowest BCUT2D eigenvalue weighted by molar-refractivity contribution is -0.150. The second-order valence-electron chi connectivity index (χ2n) is 15.9. The minimum atomic E-state index is -2.00. The Morgan fingerprint density at radius 2 is 1.45 bits per heavy atom. The Bertz CT molecular complexity index is 1850. The van der Waals surface area contributed by atoms with Gasteiger partial charge in [0.2, 0.25) is 11.8 Å². The lowest BCUT2D eigenvalue weighted by Gasteiger charge is -2.38. The van der Waals surface area contributed by atoms with Gasteiger partial charge in [-0.1, -0.05) is 62.7 Å². The van der Waals surface area contributed by atoms with Gasteiger partial charge >= 0.3 is 5.66 Å². The fourth-order valence-electron chi connectivity index (χ4n) is 8.51. The summed E-state index contributed by atoms with van der Waals surface area (Å²) in [6, 6.07) is 10.4. The van der Waals surface area contributed by atoms with Crippen molar-refractivity contribution in [2.45, 2.75) is 114 Å². The van der Waals surface area contributed by atoms with E-state index in [1.807, 2.05) is 56.3 Å². The van der Waals surface area contributed by atoms with Gasteiger partial charge in [0, 0.05) is 45.4 Å². The average molecular weight is 769 g/mol. The molecule has 2 aromatic carbocycles. The van der Waals surface area contributed by atoms with Gasteiger partial charge in [0.1, 0.15) is 0 Å². The van der Waals surface area contributed by atoms with Crippen molar-refractivity contribution in [3.8, 4) is 0 Å². The summed E-state index contributed by atoms with van der Waals surface area (Å²) in [6.07, 6.45) is 8.16. The van der Waals surface area contributed by atoms with Crippen molar-refractivity contribution >= 4 is 58.4 Å². The van der Waals surface area contributed by atoms with E-state index in [1.165, 1.54) is 11.1 Å². The van der Waals surface area contributed by atoms with Crippen LogP contribution in [0, 0.1) is 5.92 Å². The van der Waals surface area contributed by atoms with Gasteiger partial charge in [-0.3, -0.25) is 24.0 Å². The predicted octanol–water partition coefficient (Wildman–Crippen LogP) is 2.33. The summed E-state index contributed by atoms with van der Waals surface area (Å²) in [5.74, 6) is -3.11. The number of aldehydes is 1. The van der Waals surface area contributed by atoms with E-state index in [4.69, 9.17) is 11.5 Å². The van der Waals surface area contributed by atoms with Crippen LogP contribution in [-0.2, 0) is 35.2 Å². The van der Waals surface area contributed by atoms with Crippen LogP contribution >= 0.6 is 0 Å². The first kappa shape index (κ1) is 40.8. The minimum Gasteiger partial charge on any atom is -0.345 e. The van der Waals surface area contributed by atoms with Crippen LogP contribution in [0.15, 0.2) is 52.4 Å². The van der Waals surface area contributed by atoms with Gasteiger partial charge in [-0.2, -0.15) is 0 Å². The van der Waals surface area contributed by atoms with E-state index < -0.39 is 58.7 Å². The number of likely N-dealkylation sites (tertiary alicyclic amines) is 3. The molecule has 0 radical (unpaired) electrons. The van der Waals surface area contributed by atoms with Crippen molar-refractivity contribution in [3.05, 3.63) is 48.0 Å². The van der Waals surface area contributed by atoms with Crippen molar-refractivity contribution in [1.29, 1.82) is 0 Å². The fourth-order valence-corrected chi connectivity index (χ4v) is 8.51. The van der Waals surface area contributed by atoms with Crippen molar-refractivity contribution in [1.82, 2.24) is 20.0 Å². The minimum absolute atomic E-state index is 0.0694. The van der Waals surface area contributed by atoms with Crippen LogP contribution < -0.4 is 16.8 Å². The Morgan fingerprint density at radius 3 is 2.05 bits per heavy atom. The molecule has 4 aliphatic heterocycles. The zero-order valence-corrected chi connectivity index (χ0v) is 32.7. The number of carbonyl (C=O) groups is 6. The van der Waals surface area contributed by atoms with Gasteiger partial charge in [0.15, 0.2) is 17.6 Å². The van der Waals surface area contributed by atoms with E-state index in [0.717, 1.165) is 54.9 Å². The number of carbonyl (C=O) groups excluding carboxylic acids is 6. The Labute approximate surface area is 328 Å². The summed E-state index contributed by atoms with van der Waals surface area (Å²) in [4.78, 5) is 97.0. The largest absolute Gasteiger partial charge is 0.345 e. The number of Topliss-reactive ketones (excluding diaryl/α,β-unsaturated/α-hetero) is 1. The highest BCUT2D eigenvalue weighted by atomic mass is 16.2. The summed E-state index contributed by atoms with van der Waals surface area (Å²) in [5.41, 5.74) is 10.1. The second kappa shape index (κ2) is 17.5.